The topological polar surface area (TPSA) is 70.8 Å². The average molecular weight is 315 g/mol. The molecule has 1 N–H and O–H groups in total. The smallest absolute Gasteiger partial charge is 0.226 e. The van der Waals surface area contributed by atoms with Crippen molar-refractivity contribution >= 4 is 0 Å². The first-order chi connectivity index (χ1) is 11.2. The molecule has 0 radical (unpaired) electrons. The second-order valence-electron chi connectivity index (χ2n) is 5.41. The van der Waals surface area contributed by atoms with Gasteiger partial charge in [-0.25, -0.2) is 4.39 Å². The highest BCUT2D eigenvalue weighted by atomic mass is 19.1. The molecule has 0 fully saturated rings. The lowest BCUT2D eigenvalue weighted by Gasteiger charge is -2.14. The van der Waals surface area contributed by atoms with Crippen molar-refractivity contribution in [3.63, 3.8) is 0 Å². The molecule has 0 amide bonds. The Kier molecular flexibility index (Phi) is 4.47. The summed E-state index contributed by atoms with van der Waals surface area (Å²) in [6, 6.07) is 6.35. The zero-order valence-electron chi connectivity index (χ0n) is 13.1. The van der Waals surface area contributed by atoms with Gasteiger partial charge in [-0.15, -0.1) is 0 Å². The van der Waals surface area contributed by atoms with Crippen LogP contribution in [0.4, 0.5) is 4.39 Å². The van der Waals surface area contributed by atoms with E-state index in [4.69, 9.17) is 4.52 Å². The van der Waals surface area contributed by atoms with Crippen molar-refractivity contribution in [2.45, 2.75) is 26.4 Å². The molecular weight excluding hydrogens is 297 g/mol. The number of aromatic amines is 1. The number of aromatic nitrogens is 4. The second-order valence-corrected chi connectivity index (χ2v) is 5.41. The van der Waals surface area contributed by atoms with E-state index in [0.717, 1.165) is 23.2 Å². The standard InChI is InChI=1S/C16H18FN5O/c1-3-15-19-14(21-23-15)10-22(2)9-12-8-18-20-16(12)11-4-6-13(17)7-5-11/h4-8H,3,9-10H2,1-2H3,(H,18,20). The molecule has 0 aliphatic heterocycles. The molecule has 1 aromatic carbocycles. The number of H-pyrrole nitrogens is 1. The molecular formula is C16H18FN5O. The van der Waals surface area contributed by atoms with Crippen molar-refractivity contribution in [2.24, 2.45) is 0 Å². The monoisotopic (exact) mass is 315 g/mol. The third-order valence-electron chi connectivity index (χ3n) is 3.51. The van der Waals surface area contributed by atoms with Crippen molar-refractivity contribution in [2.75, 3.05) is 7.05 Å². The minimum atomic E-state index is -0.254. The zero-order valence-corrected chi connectivity index (χ0v) is 13.1. The Bertz CT molecular complexity index is 765. The summed E-state index contributed by atoms with van der Waals surface area (Å²) in [5.41, 5.74) is 2.82. The van der Waals surface area contributed by atoms with Crippen LogP contribution in [0.15, 0.2) is 35.0 Å². The summed E-state index contributed by atoms with van der Waals surface area (Å²) in [6.45, 7) is 3.22. The minimum absolute atomic E-state index is 0.254. The number of nitrogens with zero attached hydrogens (tertiary/aromatic N) is 4. The molecule has 0 atom stereocenters. The number of hydrogen-bond acceptors (Lipinski definition) is 5. The number of halogens is 1. The highest BCUT2D eigenvalue weighted by molar-refractivity contribution is 5.62. The summed E-state index contributed by atoms with van der Waals surface area (Å²) in [5, 5.41) is 11.0. The van der Waals surface area contributed by atoms with Gasteiger partial charge in [0, 0.05) is 24.1 Å². The van der Waals surface area contributed by atoms with Crippen LogP contribution in [-0.2, 0) is 19.5 Å². The van der Waals surface area contributed by atoms with E-state index in [1.807, 2.05) is 14.0 Å². The van der Waals surface area contributed by atoms with Gasteiger partial charge in [-0.3, -0.25) is 10.00 Å². The summed E-state index contributed by atoms with van der Waals surface area (Å²) in [4.78, 5) is 6.38. The van der Waals surface area contributed by atoms with Crippen molar-refractivity contribution < 1.29 is 8.91 Å². The Labute approximate surface area is 133 Å². The van der Waals surface area contributed by atoms with Crippen LogP contribution in [0, 0.1) is 5.82 Å². The van der Waals surface area contributed by atoms with E-state index in [0.29, 0.717) is 24.8 Å². The summed E-state index contributed by atoms with van der Waals surface area (Å²) in [6.07, 6.45) is 2.51. The predicted octanol–water partition coefficient (Wildman–Crippen LogP) is 2.79. The maximum absolute atomic E-state index is 13.1. The Morgan fingerprint density at radius 3 is 2.70 bits per heavy atom. The van der Waals surface area contributed by atoms with Gasteiger partial charge in [-0.1, -0.05) is 12.1 Å². The van der Waals surface area contributed by atoms with Gasteiger partial charge in [0.2, 0.25) is 5.89 Å². The summed E-state index contributed by atoms with van der Waals surface area (Å²) in [7, 11) is 1.98. The maximum atomic E-state index is 13.1. The van der Waals surface area contributed by atoms with Gasteiger partial charge in [0.1, 0.15) is 5.82 Å². The summed E-state index contributed by atoms with van der Waals surface area (Å²) >= 11 is 0. The number of benzene rings is 1. The van der Waals surface area contributed by atoms with Gasteiger partial charge in [-0.2, -0.15) is 10.1 Å². The van der Waals surface area contributed by atoms with Crippen molar-refractivity contribution in [1.29, 1.82) is 0 Å². The van der Waals surface area contributed by atoms with Gasteiger partial charge in [0.05, 0.1) is 18.4 Å². The lowest BCUT2D eigenvalue weighted by molar-refractivity contribution is 0.300. The lowest BCUT2D eigenvalue weighted by atomic mass is 10.1. The highest BCUT2D eigenvalue weighted by Gasteiger charge is 2.13. The summed E-state index contributed by atoms with van der Waals surface area (Å²) < 4.78 is 18.2. The highest BCUT2D eigenvalue weighted by Crippen LogP contribution is 2.22. The Hall–Kier alpha value is -2.54. The van der Waals surface area contributed by atoms with E-state index >= 15 is 0 Å². The van der Waals surface area contributed by atoms with Gasteiger partial charge in [-0.05, 0) is 31.3 Å². The third kappa shape index (κ3) is 3.62. The molecule has 120 valence electrons. The van der Waals surface area contributed by atoms with Crippen LogP contribution < -0.4 is 0 Å². The Balaban J connectivity index is 1.70. The molecule has 0 spiro atoms. The van der Waals surface area contributed by atoms with Gasteiger partial charge in [0.15, 0.2) is 5.82 Å². The zero-order chi connectivity index (χ0) is 16.2. The molecule has 7 heteroatoms. The lowest BCUT2D eigenvalue weighted by Crippen LogP contribution is -2.18. The number of aryl methyl sites for hydroxylation is 1. The first kappa shape index (κ1) is 15.4. The fourth-order valence-corrected chi connectivity index (χ4v) is 2.38. The normalized spacial score (nSPS) is 11.3. The van der Waals surface area contributed by atoms with Gasteiger partial charge in [0.25, 0.3) is 0 Å². The van der Waals surface area contributed by atoms with Gasteiger partial charge >= 0.3 is 0 Å². The molecule has 0 saturated heterocycles. The van der Waals surface area contributed by atoms with E-state index in [1.54, 1.807) is 18.3 Å². The third-order valence-corrected chi connectivity index (χ3v) is 3.51. The van der Waals surface area contributed by atoms with Crippen LogP contribution >= 0.6 is 0 Å². The van der Waals surface area contributed by atoms with E-state index in [1.165, 1.54) is 12.1 Å². The van der Waals surface area contributed by atoms with Crippen molar-refractivity contribution in [3.8, 4) is 11.3 Å². The number of hydrogen-bond donors (Lipinski definition) is 1. The first-order valence-corrected chi connectivity index (χ1v) is 7.44. The van der Waals surface area contributed by atoms with Crippen molar-refractivity contribution in [1.82, 2.24) is 25.2 Å². The molecule has 0 unspecified atom stereocenters. The molecule has 6 nitrogen and oxygen atoms in total. The quantitative estimate of drug-likeness (QED) is 0.757. The Morgan fingerprint density at radius 1 is 1.22 bits per heavy atom. The molecule has 0 bridgehead atoms. The van der Waals surface area contributed by atoms with E-state index in [-0.39, 0.29) is 5.82 Å². The molecule has 0 aliphatic carbocycles. The molecule has 2 aromatic heterocycles. The van der Waals surface area contributed by atoms with Crippen LogP contribution in [0.5, 0.6) is 0 Å². The first-order valence-electron chi connectivity index (χ1n) is 7.44. The molecule has 2 heterocycles. The maximum Gasteiger partial charge on any atom is 0.226 e. The summed E-state index contributed by atoms with van der Waals surface area (Å²) in [5.74, 6) is 1.05. The van der Waals surface area contributed by atoms with Crippen molar-refractivity contribution in [3.05, 3.63) is 53.6 Å². The molecule has 3 aromatic rings. The minimum Gasteiger partial charge on any atom is -0.339 e. The second kappa shape index (κ2) is 6.70. The fraction of sp³-hybridized carbons (Fsp3) is 0.312. The average Bonchev–Trinajstić information content (AvgIpc) is 3.17. The Morgan fingerprint density at radius 2 is 2.00 bits per heavy atom. The largest absolute Gasteiger partial charge is 0.339 e. The molecule has 3 rings (SSSR count). The predicted molar refractivity (Wildman–Crippen MR) is 82.8 cm³/mol. The van der Waals surface area contributed by atoms with Crippen LogP contribution in [0.1, 0.15) is 24.2 Å². The van der Waals surface area contributed by atoms with Crippen LogP contribution in [0.2, 0.25) is 0 Å². The molecule has 0 aliphatic rings. The SMILES string of the molecule is CCc1nc(CN(C)Cc2cn[nH]c2-c2ccc(F)cc2)no1. The van der Waals surface area contributed by atoms with Gasteiger partial charge < -0.3 is 4.52 Å². The van der Waals surface area contributed by atoms with E-state index in [2.05, 4.69) is 25.2 Å². The number of nitrogens with one attached hydrogen (secondary N) is 1. The van der Waals surface area contributed by atoms with E-state index < -0.39 is 0 Å². The molecule has 23 heavy (non-hydrogen) atoms. The van der Waals surface area contributed by atoms with Crippen LogP contribution in [-0.4, -0.2) is 32.3 Å². The fourth-order valence-electron chi connectivity index (χ4n) is 2.38. The molecule has 0 saturated carbocycles. The van der Waals surface area contributed by atoms with E-state index in [9.17, 15) is 4.39 Å². The number of rotatable bonds is 6. The van der Waals surface area contributed by atoms with Crippen LogP contribution in [0.25, 0.3) is 11.3 Å². The van der Waals surface area contributed by atoms with Crippen LogP contribution in [0.3, 0.4) is 0 Å².